The second-order valence-electron chi connectivity index (χ2n) is 9.84. The van der Waals surface area contributed by atoms with Gasteiger partial charge in [-0.05, 0) is 0 Å². The van der Waals surface area contributed by atoms with E-state index in [0.29, 0.717) is 23.7 Å². The molecular weight excluding hydrogens is 496 g/mol. The molecule has 37 heavy (non-hydrogen) atoms. The maximum absolute atomic E-state index is 8.63. The van der Waals surface area contributed by atoms with Gasteiger partial charge in [-0.25, -0.2) is 26.4 Å². The van der Waals surface area contributed by atoms with Crippen LogP contribution in [0.25, 0.3) is 0 Å². The molecule has 0 radical (unpaired) electrons. The second kappa shape index (κ2) is 43.6. The van der Waals surface area contributed by atoms with Gasteiger partial charge in [0.1, 0.15) is 0 Å². The van der Waals surface area contributed by atoms with Gasteiger partial charge in [-0.1, -0.05) is 158 Å². The first kappa shape index (κ1) is 47.3. The van der Waals surface area contributed by atoms with Gasteiger partial charge in [0, 0.05) is 0 Å². The number of aliphatic hydroxyl groups excluding tert-OH is 4. The van der Waals surface area contributed by atoms with Crippen LogP contribution in [0.2, 0.25) is 0 Å². The van der Waals surface area contributed by atoms with Gasteiger partial charge in [0.25, 0.3) is 0 Å². The molecule has 0 saturated heterocycles. The zero-order chi connectivity index (χ0) is 28.5. The first-order valence-electron chi connectivity index (χ1n) is 15.3. The Morgan fingerprint density at radius 2 is 0.541 bits per heavy atom. The standard InChI is InChI=1S/4C8H17O.Ti/c4*1-3-5-6-8(4-2)7-9;/h4*7-9H,3-6H2,1-2H3;/q4*-1;+4. The normalized spacial score (nSPS) is 13.3. The van der Waals surface area contributed by atoms with Crippen molar-refractivity contribution in [1.29, 1.82) is 0 Å². The van der Waals surface area contributed by atoms with Gasteiger partial charge in [-0.15, -0.1) is 23.7 Å². The van der Waals surface area contributed by atoms with Gasteiger partial charge in [0.05, 0.1) is 0 Å². The summed E-state index contributed by atoms with van der Waals surface area (Å²) in [4.78, 5) is 0. The predicted molar refractivity (Wildman–Crippen MR) is 158 cm³/mol. The van der Waals surface area contributed by atoms with Gasteiger partial charge < -0.3 is 20.4 Å². The molecule has 0 aliphatic carbocycles. The minimum absolute atomic E-state index is 0. The Balaban J connectivity index is -0.000000122. The van der Waals surface area contributed by atoms with Crippen LogP contribution in [0.4, 0.5) is 0 Å². The Morgan fingerprint density at radius 1 is 0.378 bits per heavy atom. The fourth-order valence-electron chi connectivity index (χ4n) is 3.40. The number of aliphatic hydroxyl groups is 4. The van der Waals surface area contributed by atoms with Crippen LogP contribution in [0, 0.1) is 50.1 Å². The van der Waals surface area contributed by atoms with Crippen molar-refractivity contribution in [2.24, 2.45) is 23.7 Å². The summed E-state index contributed by atoms with van der Waals surface area (Å²) < 4.78 is 0. The summed E-state index contributed by atoms with van der Waals surface area (Å²) in [5, 5.41) is 34.5. The maximum atomic E-state index is 8.63. The summed E-state index contributed by atoms with van der Waals surface area (Å²) in [6.07, 6.45) is 18.7. The van der Waals surface area contributed by atoms with E-state index in [1.165, 1.54) is 77.8 Å². The van der Waals surface area contributed by atoms with Crippen molar-refractivity contribution in [3.05, 3.63) is 26.4 Å². The van der Waals surface area contributed by atoms with Gasteiger partial charge >= 0.3 is 21.7 Å². The van der Waals surface area contributed by atoms with E-state index in [1.54, 1.807) is 0 Å². The second-order valence-corrected chi connectivity index (χ2v) is 9.84. The zero-order valence-electron chi connectivity index (χ0n) is 26.2. The summed E-state index contributed by atoms with van der Waals surface area (Å²) in [5.74, 6) is 1.74. The Hall–Kier alpha value is 0.554. The first-order valence-corrected chi connectivity index (χ1v) is 15.3. The van der Waals surface area contributed by atoms with Crippen LogP contribution in [0.1, 0.15) is 158 Å². The third-order valence-electron chi connectivity index (χ3n) is 6.65. The fraction of sp³-hybridized carbons (Fsp3) is 0.875. The average Bonchev–Trinajstić information content (AvgIpc) is 2.92. The summed E-state index contributed by atoms with van der Waals surface area (Å²) >= 11 is 0. The molecule has 4 nitrogen and oxygen atoms in total. The van der Waals surface area contributed by atoms with Crippen LogP contribution in [0.15, 0.2) is 0 Å². The Bertz CT molecular complexity index is 265. The molecule has 0 aromatic rings. The topological polar surface area (TPSA) is 80.9 Å². The number of rotatable bonds is 20. The third kappa shape index (κ3) is 41.2. The number of hydrogen-bond acceptors (Lipinski definition) is 4. The molecule has 0 rings (SSSR count). The predicted octanol–water partition coefficient (Wildman–Crippen LogP) is 10.9. The van der Waals surface area contributed by atoms with Crippen LogP contribution in [-0.2, 0) is 21.7 Å². The molecule has 0 amide bonds. The maximum Gasteiger partial charge on any atom is 4.00 e. The molecular formula is C32H68O4Ti. The van der Waals surface area contributed by atoms with Crippen molar-refractivity contribution < 1.29 is 42.1 Å². The molecule has 0 fully saturated rings. The molecule has 0 saturated carbocycles. The third-order valence-corrected chi connectivity index (χ3v) is 6.65. The Labute approximate surface area is 249 Å². The van der Waals surface area contributed by atoms with Crippen LogP contribution in [0.3, 0.4) is 0 Å². The monoisotopic (exact) mass is 564 g/mol. The van der Waals surface area contributed by atoms with Crippen molar-refractivity contribution in [3.8, 4) is 0 Å². The molecule has 4 unspecified atom stereocenters. The van der Waals surface area contributed by atoms with Crippen molar-refractivity contribution in [2.75, 3.05) is 0 Å². The minimum atomic E-state index is 0. The zero-order valence-corrected chi connectivity index (χ0v) is 27.8. The van der Waals surface area contributed by atoms with Crippen LogP contribution < -0.4 is 0 Å². The summed E-state index contributed by atoms with van der Waals surface area (Å²) in [7, 11) is 0. The van der Waals surface area contributed by atoms with E-state index in [0.717, 1.165) is 51.4 Å². The van der Waals surface area contributed by atoms with E-state index in [2.05, 4.69) is 55.4 Å². The Kier molecular flexibility index (Phi) is 55.8. The van der Waals surface area contributed by atoms with E-state index in [4.69, 9.17) is 20.4 Å². The number of unbranched alkanes of at least 4 members (excludes halogenated alkanes) is 4. The molecule has 0 aromatic carbocycles. The van der Waals surface area contributed by atoms with E-state index in [9.17, 15) is 0 Å². The van der Waals surface area contributed by atoms with E-state index >= 15 is 0 Å². The molecule has 0 bridgehead atoms. The summed E-state index contributed by atoms with van der Waals surface area (Å²) in [6, 6.07) is 0. The smallest absolute Gasteiger partial charge is 0.566 e. The molecule has 4 atom stereocenters. The van der Waals surface area contributed by atoms with Crippen molar-refractivity contribution in [2.45, 2.75) is 158 Å². The van der Waals surface area contributed by atoms with Gasteiger partial charge in [-0.2, -0.15) is 0 Å². The van der Waals surface area contributed by atoms with Crippen LogP contribution in [-0.4, -0.2) is 20.4 Å². The van der Waals surface area contributed by atoms with Crippen LogP contribution in [0.5, 0.6) is 0 Å². The molecule has 0 aliphatic rings. The van der Waals surface area contributed by atoms with Crippen molar-refractivity contribution >= 4 is 0 Å². The molecule has 0 heterocycles. The number of hydrogen-bond donors (Lipinski definition) is 4. The molecule has 0 aliphatic heterocycles. The van der Waals surface area contributed by atoms with Crippen LogP contribution >= 0.6 is 0 Å². The van der Waals surface area contributed by atoms with E-state index < -0.39 is 0 Å². The van der Waals surface area contributed by atoms with Crippen molar-refractivity contribution in [1.82, 2.24) is 0 Å². The summed E-state index contributed by atoms with van der Waals surface area (Å²) in [6.45, 7) is 22.4. The summed E-state index contributed by atoms with van der Waals surface area (Å²) in [5.41, 5.74) is 0. The first-order chi connectivity index (χ1) is 17.4. The Morgan fingerprint density at radius 3 is 0.622 bits per heavy atom. The van der Waals surface area contributed by atoms with Crippen molar-refractivity contribution in [3.63, 3.8) is 0 Å². The van der Waals surface area contributed by atoms with Gasteiger partial charge in [0.2, 0.25) is 0 Å². The van der Waals surface area contributed by atoms with E-state index in [-0.39, 0.29) is 21.7 Å². The molecule has 0 spiro atoms. The molecule has 0 aromatic heterocycles. The average molecular weight is 565 g/mol. The molecule has 5 heteroatoms. The van der Waals surface area contributed by atoms with E-state index in [1.807, 2.05) is 0 Å². The SMILES string of the molecule is CCCCC([CH-]O)CC.CCCCC([CH-]O)CC.CCCCC([CH-]O)CC.CCCCC([CH-]O)CC.[Ti+4]. The minimum Gasteiger partial charge on any atom is -0.566 e. The molecule has 224 valence electrons. The van der Waals surface area contributed by atoms with Gasteiger partial charge in [0.15, 0.2) is 0 Å². The fourth-order valence-corrected chi connectivity index (χ4v) is 3.40. The largest absolute Gasteiger partial charge is 4.00 e. The molecule has 4 N–H and O–H groups in total. The van der Waals surface area contributed by atoms with Gasteiger partial charge in [-0.3, -0.25) is 0 Å². The quantitative estimate of drug-likeness (QED) is 0.0876.